The first-order valence-electron chi connectivity index (χ1n) is 8.90. The molecule has 0 aliphatic rings. The van der Waals surface area contributed by atoms with Crippen LogP contribution in [0.3, 0.4) is 0 Å². The minimum atomic E-state index is -3.58. The van der Waals surface area contributed by atoms with Gasteiger partial charge in [-0.1, -0.05) is 42.5 Å². The molecule has 7 nitrogen and oxygen atoms in total. The van der Waals surface area contributed by atoms with Gasteiger partial charge in [0.25, 0.3) is 0 Å². The number of amides is 1. The summed E-state index contributed by atoms with van der Waals surface area (Å²) in [4.78, 5) is 11.4. The summed E-state index contributed by atoms with van der Waals surface area (Å²) in [6, 6.07) is 19.8. The van der Waals surface area contributed by atoms with Crippen molar-refractivity contribution in [3.8, 4) is 0 Å². The van der Waals surface area contributed by atoms with Crippen molar-refractivity contribution in [1.29, 1.82) is 0 Å². The van der Waals surface area contributed by atoms with Crippen LogP contribution in [0.2, 0.25) is 0 Å². The van der Waals surface area contributed by atoms with Gasteiger partial charge in [-0.05, 0) is 47.0 Å². The molecule has 4 rings (SSSR count). The van der Waals surface area contributed by atoms with E-state index < -0.39 is 15.9 Å². The standard InChI is InChI=1S/C21H18N2O5S/c24-21(22-25)20-13-16-12-17(8-9-19(16)28-20)23-29(26,27)11-10-15-6-3-5-14-4-1-2-7-18(14)15/h1-9,12-13,23,25H,10-11H2,(H,22,24). The second kappa shape index (κ2) is 7.57. The molecule has 0 aliphatic carbocycles. The zero-order valence-electron chi connectivity index (χ0n) is 15.3. The third-order valence-electron chi connectivity index (χ3n) is 4.64. The number of nitrogens with one attached hydrogen (secondary N) is 2. The molecule has 0 saturated heterocycles. The number of fused-ring (bicyclic) bond motifs is 2. The number of benzene rings is 3. The van der Waals surface area contributed by atoms with Crippen LogP contribution in [0, 0.1) is 0 Å². The van der Waals surface area contributed by atoms with Crippen molar-refractivity contribution in [3.63, 3.8) is 0 Å². The molecule has 0 bridgehead atoms. The van der Waals surface area contributed by atoms with E-state index in [0.717, 1.165) is 16.3 Å². The van der Waals surface area contributed by atoms with E-state index in [1.807, 2.05) is 42.5 Å². The van der Waals surface area contributed by atoms with Gasteiger partial charge in [0, 0.05) is 11.1 Å². The molecule has 1 heterocycles. The molecule has 4 aromatic rings. The van der Waals surface area contributed by atoms with Crippen molar-refractivity contribution < 1.29 is 22.8 Å². The predicted octanol–water partition coefficient (Wildman–Crippen LogP) is 3.69. The first kappa shape index (κ1) is 19.0. The van der Waals surface area contributed by atoms with Gasteiger partial charge in [0.15, 0.2) is 5.76 Å². The molecule has 0 saturated carbocycles. The first-order valence-corrected chi connectivity index (χ1v) is 10.6. The normalized spacial score (nSPS) is 11.6. The van der Waals surface area contributed by atoms with Gasteiger partial charge in [0.1, 0.15) is 5.58 Å². The summed E-state index contributed by atoms with van der Waals surface area (Å²) in [7, 11) is -3.58. The monoisotopic (exact) mass is 410 g/mol. The summed E-state index contributed by atoms with van der Waals surface area (Å²) in [6.45, 7) is 0. The molecule has 0 spiro atoms. The van der Waals surface area contributed by atoms with Crippen molar-refractivity contribution in [3.05, 3.63) is 78.1 Å². The molecule has 3 aromatic carbocycles. The Hall–Kier alpha value is -3.36. The molecule has 0 aliphatic heterocycles. The third kappa shape index (κ3) is 4.08. The number of anilines is 1. The number of sulfonamides is 1. The summed E-state index contributed by atoms with van der Waals surface area (Å²) in [5.74, 6) is -0.917. The average molecular weight is 410 g/mol. The Morgan fingerprint density at radius 1 is 0.966 bits per heavy atom. The number of carbonyl (C=O) groups excluding carboxylic acids is 1. The summed E-state index contributed by atoms with van der Waals surface area (Å²) in [6.07, 6.45) is 0.380. The van der Waals surface area contributed by atoms with Crippen LogP contribution in [0.25, 0.3) is 21.7 Å². The van der Waals surface area contributed by atoms with Crippen molar-refractivity contribution in [2.45, 2.75) is 6.42 Å². The van der Waals surface area contributed by atoms with Gasteiger partial charge in [-0.3, -0.25) is 14.7 Å². The van der Waals surface area contributed by atoms with Crippen LogP contribution in [0.5, 0.6) is 0 Å². The third-order valence-corrected chi connectivity index (χ3v) is 5.92. The molecule has 0 fully saturated rings. The van der Waals surface area contributed by atoms with Crippen LogP contribution in [0.4, 0.5) is 5.69 Å². The lowest BCUT2D eigenvalue weighted by atomic mass is 10.0. The van der Waals surface area contributed by atoms with Crippen LogP contribution in [0.1, 0.15) is 16.1 Å². The number of aryl methyl sites for hydroxylation is 1. The van der Waals surface area contributed by atoms with E-state index in [1.54, 1.807) is 18.2 Å². The maximum absolute atomic E-state index is 12.6. The maximum atomic E-state index is 12.6. The summed E-state index contributed by atoms with van der Waals surface area (Å²) < 4.78 is 33.0. The Balaban J connectivity index is 1.51. The van der Waals surface area contributed by atoms with Crippen molar-refractivity contribution in [2.24, 2.45) is 0 Å². The van der Waals surface area contributed by atoms with E-state index in [1.165, 1.54) is 11.5 Å². The largest absolute Gasteiger partial charge is 0.451 e. The minimum absolute atomic E-state index is 0.0669. The van der Waals surface area contributed by atoms with Gasteiger partial charge in [0.05, 0.1) is 5.75 Å². The molecular weight excluding hydrogens is 392 g/mol. The Bertz CT molecular complexity index is 1310. The van der Waals surface area contributed by atoms with Gasteiger partial charge < -0.3 is 4.42 Å². The highest BCUT2D eigenvalue weighted by Crippen LogP contribution is 2.24. The van der Waals surface area contributed by atoms with E-state index in [9.17, 15) is 13.2 Å². The highest BCUT2D eigenvalue weighted by molar-refractivity contribution is 7.92. The van der Waals surface area contributed by atoms with E-state index in [-0.39, 0.29) is 11.5 Å². The first-order chi connectivity index (χ1) is 13.9. The lowest BCUT2D eigenvalue weighted by Gasteiger charge is -2.10. The number of hydrogen-bond acceptors (Lipinski definition) is 5. The quantitative estimate of drug-likeness (QED) is 0.332. The molecule has 0 radical (unpaired) electrons. The van der Waals surface area contributed by atoms with Crippen LogP contribution >= 0.6 is 0 Å². The Labute approximate surface area is 167 Å². The van der Waals surface area contributed by atoms with E-state index in [0.29, 0.717) is 23.1 Å². The van der Waals surface area contributed by atoms with Crippen molar-refractivity contribution in [2.75, 3.05) is 10.5 Å². The Kier molecular flexibility index (Phi) is 4.96. The zero-order chi connectivity index (χ0) is 20.4. The van der Waals surface area contributed by atoms with Gasteiger partial charge in [-0.2, -0.15) is 0 Å². The summed E-state index contributed by atoms with van der Waals surface area (Å²) >= 11 is 0. The highest BCUT2D eigenvalue weighted by atomic mass is 32.2. The lowest BCUT2D eigenvalue weighted by Crippen LogP contribution is -2.18. The smallest absolute Gasteiger partial charge is 0.310 e. The number of carbonyl (C=O) groups is 1. The second-order valence-corrected chi connectivity index (χ2v) is 8.46. The molecule has 148 valence electrons. The zero-order valence-corrected chi connectivity index (χ0v) is 16.1. The maximum Gasteiger partial charge on any atom is 0.310 e. The fourth-order valence-corrected chi connectivity index (χ4v) is 4.34. The molecule has 1 aromatic heterocycles. The van der Waals surface area contributed by atoms with E-state index >= 15 is 0 Å². The number of hydrogen-bond donors (Lipinski definition) is 3. The number of rotatable bonds is 6. The molecule has 0 unspecified atom stereocenters. The molecule has 1 amide bonds. The van der Waals surface area contributed by atoms with Gasteiger partial charge in [-0.25, -0.2) is 13.9 Å². The van der Waals surface area contributed by atoms with Crippen molar-refractivity contribution in [1.82, 2.24) is 5.48 Å². The SMILES string of the molecule is O=C(NO)c1cc2cc(NS(=O)(=O)CCc3cccc4ccccc34)ccc2o1. The summed E-state index contributed by atoms with van der Waals surface area (Å²) in [5, 5.41) is 11.3. The fourth-order valence-electron chi connectivity index (χ4n) is 3.26. The topological polar surface area (TPSA) is 109 Å². The Morgan fingerprint density at radius 2 is 1.76 bits per heavy atom. The lowest BCUT2D eigenvalue weighted by molar-refractivity contribution is 0.0678. The minimum Gasteiger partial charge on any atom is -0.451 e. The van der Waals surface area contributed by atoms with Crippen LogP contribution in [0.15, 0.2) is 71.1 Å². The van der Waals surface area contributed by atoms with Crippen LogP contribution < -0.4 is 10.2 Å². The van der Waals surface area contributed by atoms with Crippen molar-refractivity contribution >= 4 is 43.4 Å². The molecular formula is C21H18N2O5S. The molecule has 3 N–H and O–H groups in total. The van der Waals surface area contributed by atoms with E-state index in [2.05, 4.69) is 4.72 Å². The van der Waals surface area contributed by atoms with Gasteiger partial charge >= 0.3 is 5.91 Å². The number of furan rings is 1. The summed E-state index contributed by atoms with van der Waals surface area (Å²) in [5.41, 5.74) is 3.24. The van der Waals surface area contributed by atoms with E-state index in [4.69, 9.17) is 9.62 Å². The average Bonchev–Trinajstić information content (AvgIpc) is 3.15. The highest BCUT2D eigenvalue weighted by Gasteiger charge is 2.15. The molecule has 0 atom stereocenters. The molecule has 29 heavy (non-hydrogen) atoms. The second-order valence-electron chi connectivity index (χ2n) is 6.61. The predicted molar refractivity (Wildman–Crippen MR) is 111 cm³/mol. The van der Waals surface area contributed by atoms with Crippen LogP contribution in [-0.4, -0.2) is 25.3 Å². The number of hydroxylamine groups is 1. The van der Waals surface area contributed by atoms with Gasteiger partial charge in [0.2, 0.25) is 10.0 Å². The Morgan fingerprint density at radius 3 is 2.59 bits per heavy atom. The fraction of sp³-hybridized carbons (Fsp3) is 0.0952. The van der Waals surface area contributed by atoms with Crippen LogP contribution in [-0.2, 0) is 16.4 Å². The molecule has 8 heteroatoms. The van der Waals surface area contributed by atoms with Gasteiger partial charge in [-0.15, -0.1) is 0 Å².